The number of carbonyl (C=O) groups is 1. The third kappa shape index (κ3) is 6.17. The zero-order valence-corrected chi connectivity index (χ0v) is 20.0. The molecule has 2 aromatic carbocycles. The predicted octanol–water partition coefficient (Wildman–Crippen LogP) is 5.98. The zero-order chi connectivity index (χ0) is 24.9. The topological polar surface area (TPSA) is 128 Å². The zero-order valence-electron chi connectivity index (χ0n) is 18.5. The molecule has 0 radical (unpaired) electrons. The minimum absolute atomic E-state index is 0.0527. The maximum absolute atomic E-state index is 10.2. The van der Waals surface area contributed by atoms with Gasteiger partial charge in [-0.3, -0.25) is 4.79 Å². The van der Waals surface area contributed by atoms with Crippen LogP contribution < -0.4 is 5.73 Å². The predicted molar refractivity (Wildman–Crippen MR) is 134 cm³/mol. The van der Waals surface area contributed by atoms with E-state index in [0.29, 0.717) is 44.7 Å². The molecule has 178 valence electrons. The Bertz CT molecular complexity index is 1460. The summed E-state index contributed by atoms with van der Waals surface area (Å²) in [6.07, 6.45) is 0.606. The third-order valence-corrected chi connectivity index (χ3v) is 5.43. The molecule has 0 aliphatic rings. The summed E-state index contributed by atoms with van der Waals surface area (Å²) in [5.41, 5.74) is 9.90. The van der Waals surface area contributed by atoms with E-state index >= 15 is 0 Å². The van der Waals surface area contributed by atoms with Crippen LogP contribution in [-0.2, 0) is 17.6 Å². The van der Waals surface area contributed by atoms with Gasteiger partial charge in [-0.25, -0.2) is 9.97 Å². The number of halogens is 2. The second-order valence-electron chi connectivity index (χ2n) is 7.65. The molecule has 35 heavy (non-hydrogen) atoms. The molecule has 0 bridgehead atoms. The van der Waals surface area contributed by atoms with Gasteiger partial charge in [0.15, 0.2) is 11.5 Å². The number of aryl methyl sites for hydroxylation is 1. The van der Waals surface area contributed by atoms with Gasteiger partial charge in [0, 0.05) is 16.5 Å². The van der Waals surface area contributed by atoms with Crippen LogP contribution in [0.5, 0.6) is 0 Å². The summed E-state index contributed by atoms with van der Waals surface area (Å²) in [5.74, 6) is 0.663. The highest BCUT2D eigenvalue weighted by Crippen LogP contribution is 2.30. The van der Waals surface area contributed by atoms with Crippen LogP contribution in [-0.4, -0.2) is 26.2 Å². The molecule has 3 N–H and O–H groups in total. The minimum atomic E-state index is -0.827. The Morgan fingerprint density at radius 1 is 0.943 bits per heavy atom. The molecule has 0 aliphatic carbocycles. The number of aliphatic carboxylic acids is 1. The summed E-state index contributed by atoms with van der Waals surface area (Å²) in [6, 6.07) is 18.0. The molecule has 0 aliphatic heterocycles. The Morgan fingerprint density at radius 2 is 1.57 bits per heavy atom. The number of fused-ring (bicyclic) bond motifs is 1. The van der Waals surface area contributed by atoms with Gasteiger partial charge in [-0.2, -0.15) is 0 Å². The molecule has 5 rings (SSSR count). The molecule has 0 saturated heterocycles. The molecule has 0 fully saturated rings. The lowest BCUT2D eigenvalue weighted by atomic mass is 10.1. The van der Waals surface area contributed by atoms with Crippen LogP contribution in [0, 0.1) is 6.92 Å². The normalized spacial score (nSPS) is 10.7. The van der Waals surface area contributed by atoms with Crippen molar-refractivity contribution in [2.75, 3.05) is 5.73 Å². The van der Waals surface area contributed by atoms with Crippen molar-refractivity contribution in [3.63, 3.8) is 0 Å². The Kier molecular flexibility index (Phi) is 7.33. The van der Waals surface area contributed by atoms with E-state index in [1.165, 1.54) is 0 Å². The van der Waals surface area contributed by atoms with Crippen LogP contribution in [0.1, 0.15) is 22.6 Å². The second kappa shape index (κ2) is 10.6. The fourth-order valence-corrected chi connectivity index (χ4v) is 3.56. The molecule has 0 atom stereocenters. The number of nitrogen functional groups attached to an aromatic ring is 1. The number of carboxylic acid groups (broad SMARTS) is 1. The van der Waals surface area contributed by atoms with Crippen molar-refractivity contribution in [3.05, 3.63) is 93.3 Å². The Hall–Kier alpha value is -3.88. The number of rotatable bonds is 5. The molecule has 0 spiro atoms. The molecule has 0 amide bonds. The lowest BCUT2D eigenvalue weighted by Gasteiger charge is -2.00. The summed E-state index contributed by atoms with van der Waals surface area (Å²) in [6.45, 7) is 1.86. The van der Waals surface area contributed by atoms with E-state index in [1.54, 1.807) is 24.3 Å². The van der Waals surface area contributed by atoms with Crippen LogP contribution in [0.15, 0.2) is 69.6 Å². The molecule has 3 aromatic heterocycles. The fraction of sp³-hybridized carbons (Fsp3) is 0.120. The highest BCUT2D eigenvalue weighted by Gasteiger charge is 2.19. The first-order chi connectivity index (χ1) is 16.8. The molecule has 0 unspecified atom stereocenters. The standard InChI is InChI=1S/C17H13ClN4O2.C8H7ClO2/c1-9-2-7-13(23-9)15-16-14(20-17(19)21-15)12(22-24-16)8-10-3-5-11(18)6-4-10;9-7-3-1-6(2-4-7)5-8(10)11/h2-7H,8H2,1H3,(H2,19,20,21);1-4H,5H2,(H,10,11). The SMILES string of the molecule is Cc1ccc(-c2nc(N)nc3c(Cc4ccc(Cl)cc4)noc23)o1.O=C(O)Cc1ccc(Cl)cc1. The van der Waals surface area contributed by atoms with Gasteiger partial charge in [-0.15, -0.1) is 0 Å². The van der Waals surface area contributed by atoms with Gasteiger partial charge in [-0.05, 0) is 54.4 Å². The highest BCUT2D eigenvalue weighted by atomic mass is 35.5. The number of aromatic nitrogens is 3. The average Bonchev–Trinajstić information content (AvgIpc) is 3.43. The fourth-order valence-electron chi connectivity index (χ4n) is 3.31. The second-order valence-corrected chi connectivity index (χ2v) is 8.52. The van der Waals surface area contributed by atoms with Gasteiger partial charge in [0.2, 0.25) is 11.5 Å². The van der Waals surface area contributed by atoms with E-state index in [0.717, 1.165) is 16.9 Å². The van der Waals surface area contributed by atoms with Crippen molar-refractivity contribution in [2.24, 2.45) is 0 Å². The number of hydrogen-bond acceptors (Lipinski definition) is 7. The van der Waals surface area contributed by atoms with Crippen molar-refractivity contribution >= 4 is 46.2 Å². The molecular formula is C25H20Cl2N4O4. The molecule has 5 aromatic rings. The van der Waals surface area contributed by atoms with E-state index in [9.17, 15) is 4.79 Å². The summed E-state index contributed by atoms with van der Waals surface area (Å²) >= 11 is 11.5. The van der Waals surface area contributed by atoms with E-state index < -0.39 is 5.97 Å². The largest absolute Gasteiger partial charge is 0.481 e. The van der Waals surface area contributed by atoms with Crippen LogP contribution in [0.2, 0.25) is 10.0 Å². The highest BCUT2D eigenvalue weighted by molar-refractivity contribution is 6.30. The summed E-state index contributed by atoms with van der Waals surface area (Å²) < 4.78 is 11.1. The van der Waals surface area contributed by atoms with Gasteiger partial charge in [0.1, 0.15) is 17.0 Å². The van der Waals surface area contributed by atoms with Gasteiger partial charge in [-0.1, -0.05) is 52.6 Å². The number of anilines is 1. The molecule has 10 heteroatoms. The Labute approximate surface area is 210 Å². The summed E-state index contributed by atoms with van der Waals surface area (Å²) in [7, 11) is 0. The van der Waals surface area contributed by atoms with Crippen LogP contribution in [0.25, 0.3) is 22.6 Å². The number of nitrogens with two attached hydrogens (primary N) is 1. The van der Waals surface area contributed by atoms with Crippen molar-refractivity contribution in [1.29, 1.82) is 0 Å². The van der Waals surface area contributed by atoms with E-state index in [1.807, 2.05) is 43.3 Å². The quantitative estimate of drug-likeness (QED) is 0.295. The summed E-state index contributed by atoms with van der Waals surface area (Å²) in [4.78, 5) is 18.7. The Morgan fingerprint density at radius 3 is 2.14 bits per heavy atom. The number of nitrogens with zero attached hydrogens (tertiary/aromatic N) is 3. The van der Waals surface area contributed by atoms with Crippen molar-refractivity contribution < 1.29 is 18.8 Å². The van der Waals surface area contributed by atoms with Crippen molar-refractivity contribution in [1.82, 2.24) is 15.1 Å². The number of hydrogen-bond donors (Lipinski definition) is 2. The third-order valence-electron chi connectivity index (χ3n) is 4.93. The summed E-state index contributed by atoms with van der Waals surface area (Å²) in [5, 5.41) is 13.9. The average molecular weight is 511 g/mol. The van der Waals surface area contributed by atoms with Gasteiger partial charge < -0.3 is 19.8 Å². The van der Waals surface area contributed by atoms with E-state index in [-0.39, 0.29) is 12.4 Å². The molecule has 0 saturated carbocycles. The maximum atomic E-state index is 10.2. The number of benzene rings is 2. The molecular weight excluding hydrogens is 491 g/mol. The molecule has 3 heterocycles. The van der Waals surface area contributed by atoms with Crippen LogP contribution in [0.3, 0.4) is 0 Å². The van der Waals surface area contributed by atoms with Crippen molar-refractivity contribution in [3.8, 4) is 11.5 Å². The monoisotopic (exact) mass is 510 g/mol. The van der Waals surface area contributed by atoms with Gasteiger partial charge in [0.25, 0.3) is 0 Å². The first kappa shape index (κ1) is 24.3. The maximum Gasteiger partial charge on any atom is 0.307 e. The Balaban J connectivity index is 0.000000221. The van der Waals surface area contributed by atoms with Crippen LogP contribution >= 0.6 is 23.2 Å². The lowest BCUT2D eigenvalue weighted by molar-refractivity contribution is -0.136. The van der Waals surface area contributed by atoms with Crippen molar-refractivity contribution in [2.45, 2.75) is 19.8 Å². The van der Waals surface area contributed by atoms with E-state index in [4.69, 9.17) is 43.0 Å². The lowest BCUT2D eigenvalue weighted by Crippen LogP contribution is -1.99. The van der Waals surface area contributed by atoms with Crippen LogP contribution in [0.4, 0.5) is 5.95 Å². The molecule has 8 nitrogen and oxygen atoms in total. The van der Waals surface area contributed by atoms with Gasteiger partial charge >= 0.3 is 5.97 Å². The number of carboxylic acids is 1. The minimum Gasteiger partial charge on any atom is -0.481 e. The first-order valence-corrected chi connectivity index (χ1v) is 11.2. The first-order valence-electron chi connectivity index (χ1n) is 10.5. The van der Waals surface area contributed by atoms with Gasteiger partial charge in [0.05, 0.1) is 6.42 Å². The van der Waals surface area contributed by atoms with E-state index in [2.05, 4.69) is 15.1 Å². The number of furan rings is 1. The smallest absolute Gasteiger partial charge is 0.307 e.